The predicted molar refractivity (Wildman–Crippen MR) is 136 cm³/mol. The molecule has 0 unspecified atom stereocenters. The molecule has 0 fully saturated rings. The van der Waals surface area contributed by atoms with Crippen molar-refractivity contribution in [1.29, 1.82) is 0 Å². The van der Waals surface area contributed by atoms with E-state index >= 15 is 0 Å². The Balaban J connectivity index is 1.29. The first kappa shape index (κ1) is 21.7. The fourth-order valence-electron chi connectivity index (χ4n) is 4.01. The number of para-hydroxylation sites is 2. The number of hydrogen-bond acceptors (Lipinski definition) is 4. The number of amides is 1. The number of aromatic nitrogens is 2. The molecule has 0 aliphatic rings. The fraction of sp³-hybridized carbons (Fsp3) is 0.143. The lowest BCUT2D eigenvalue weighted by atomic mass is 10.0. The van der Waals surface area contributed by atoms with E-state index in [4.69, 9.17) is 4.74 Å². The third kappa shape index (κ3) is 4.92. The Morgan fingerprint density at radius 1 is 0.912 bits per heavy atom. The summed E-state index contributed by atoms with van der Waals surface area (Å²) >= 11 is 0. The van der Waals surface area contributed by atoms with E-state index in [9.17, 15) is 4.79 Å². The lowest BCUT2D eigenvalue weighted by molar-refractivity contribution is -0.118. The van der Waals surface area contributed by atoms with E-state index in [-0.39, 0.29) is 12.5 Å². The topological polar surface area (TPSA) is 79.0 Å². The number of H-pyrrole nitrogens is 1. The van der Waals surface area contributed by atoms with Gasteiger partial charge in [-0.1, -0.05) is 60.2 Å². The number of aryl methyl sites for hydroxylation is 1. The minimum Gasteiger partial charge on any atom is -0.483 e. The number of imidazole rings is 1. The molecule has 34 heavy (non-hydrogen) atoms. The third-order valence-electron chi connectivity index (χ3n) is 5.72. The molecule has 0 atom stereocenters. The van der Waals surface area contributed by atoms with E-state index in [1.54, 1.807) is 0 Å². The number of benzene rings is 4. The first-order valence-corrected chi connectivity index (χ1v) is 11.3. The van der Waals surface area contributed by atoms with Crippen molar-refractivity contribution in [2.75, 3.05) is 11.9 Å². The molecule has 0 radical (unpaired) electrons. The molecule has 6 heteroatoms. The molecule has 0 bridgehead atoms. The van der Waals surface area contributed by atoms with Crippen molar-refractivity contribution >= 4 is 33.4 Å². The van der Waals surface area contributed by atoms with Crippen LogP contribution in [0.3, 0.4) is 0 Å². The Hall–Kier alpha value is -4.16. The van der Waals surface area contributed by atoms with Crippen LogP contribution in [0.1, 0.15) is 17.0 Å². The summed E-state index contributed by atoms with van der Waals surface area (Å²) in [6.07, 6.45) is 0. The predicted octanol–water partition coefficient (Wildman–Crippen LogP) is 5.33. The summed E-state index contributed by atoms with van der Waals surface area (Å²) in [5.41, 5.74) is 4.88. The zero-order chi connectivity index (χ0) is 23.3. The van der Waals surface area contributed by atoms with Crippen LogP contribution in [0, 0.1) is 6.92 Å². The summed E-state index contributed by atoms with van der Waals surface area (Å²) in [4.78, 5) is 20.4. The van der Waals surface area contributed by atoms with Gasteiger partial charge in [0.15, 0.2) is 6.61 Å². The van der Waals surface area contributed by atoms with Gasteiger partial charge >= 0.3 is 0 Å². The van der Waals surface area contributed by atoms with Gasteiger partial charge < -0.3 is 20.4 Å². The summed E-state index contributed by atoms with van der Waals surface area (Å²) in [5.74, 6) is 1.37. The Morgan fingerprint density at radius 2 is 1.71 bits per heavy atom. The molecule has 3 N–H and O–H groups in total. The van der Waals surface area contributed by atoms with Crippen LogP contribution in [0.4, 0.5) is 5.69 Å². The first-order valence-electron chi connectivity index (χ1n) is 11.3. The minimum atomic E-state index is -0.196. The average molecular weight is 451 g/mol. The molecule has 5 rings (SSSR count). The van der Waals surface area contributed by atoms with Gasteiger partial charge in [-0.15, -0.1) is 0 Å². The number of carbonyl (C=O) groups excluding carboxylic acids is 1. The summed E-state index contributed by atoms with van der Waals surface area (Å²) in [7, 11) is 0. The summed E-state index contributed by atoms with van der Waals surface area (Å²) in [6.45, 7) is 3.11. The number of hydrogen-bond donors (Lipinski definition) is 3. The maximum Gasteiger partial charge on any atom is 0.262 e. The van der Waals surface area contributed by atoms with E-state index < -0.39 is 0 Å². The molecule has 170 valence electrons. The molecule has 0 saturated heterocycles. The molecule has 0 aliphatic heterocycles. The highest BCUT2D eigenvalue weighted by molar-refractivity contribution is 5.92. The van der Waals surface area contributed by atoms with Gasteiger partial charge in [0.05, 0.1) is 17.6 Å². The van der Waals surface area contributed by atoms with E-state index in [0.29, 0.717) is 18.8 Å². The maximum atomic E-state index is 12.5. The second kappa shape index (κ2) is 9.77. The van der Waals surface area contributed by atoms with Crippen LogP contribution in [0.2, 0.25) is 0 Å². The van der Waals surface area contributed by atoms with E-state index in [0.717, 1.165) is 44.4 Å². The van der Waals surface area contributed by atoms with Crippen LogP contribution >= 0.6 is 0 Å². The quantitative estimate of drug-likeness (QED) is 0.298. The number of aromatic amines is 1. The molecule has 1 amide bonds. The lowest BCUT2D eigenvalue weighted by Gasteiger charge is -2.15. The standard InChI is InChI=1S/C28H26N4O2/c1-19-10-13-21(14-11-19)30-28(33)18-34-26-15-12-20-6-2-3-7-22(20)23(26)16-29-17-27-31-24-8-4-5-9-25(24)32-27/h2-15,29H,16-18H2,1H3,(H,30,33)(H,31,32). The Labute approximate surface area is 198 Å². The van der Waals surface area contributed by atoms with Crippen molar-refractivity contribution in [3.05, 3.63) is 102 Å². The first-order chi connectivity index (χ1) is 16.7. The van der Waals surface area contributed by atoms with Crippen molar-refractivity contribution in [1.82, 2.24) is 15.3 Å². The molecule has 0 saturated carbocycles. The normalized spacial score (nSPS) is 11.1. The molecule has 5 aromatic rings. The van der Waals surface area contributed by atoms with Gasteiger partial charge in [0.1, 0.15) is 11.6 Å². The van der Waals surface area contributed by atoms with Crippen molar-refractivity contribution in [3.63, 3.8) is 0 Å². The second-order valence-electron chi connectivity index (χ2n) is 8.27. The number of fused-ring (bicyclic) bond motifs is 2. The second-order valence-corrected chi connectivity index (χ2v) is 8.27. The number of carbonyl (C=O) groups is 1. The number of anilines is 1. The molecule has 0 aliphatic carbocycles. The van der Waals surface area contributed by atoms with E-state index in [1.165, 1.54) is 0 Å². The van der Waals surface area contributed by atoms with Crippen LogP contribution in [0.5, 0.6) is 5.75 Å². The van der Waals surface area contributed by atoms with Crippen molar-refractivity contribution < 1.29 is 9.53 Å². The molecule has 1 aromatic heterocycles. The highest BCUT2D eigenvalue weighted by Crippen LogP contribution is 2.28. The summed E-state index contributed by atoms with van der Waals surface area (Å²) in [5, 5.41) is 8.57. The average Bonchev–Trinajstić information content (AvgIpc) is 3.27. The number of nitrogens with one attached hydrogen (secondary N) is 3. The largest absolute Gasteiger partial charge is 0.483 e. The Kier molecular flexibility index (Phi) is 6.23. The summed E-state index contributed by atoms with van der Waals surface area (Å²) in [6, 6.07) is 27.8. The van der Waals surface area contributed by atoms with Crippen LogP contribution < -0.4 is 15.4 Å². The number of rotatable bonds is 8. The minimum absolute atomic E-state index is 0.0667. The van der Waals surface area contributed by atoms with Gasteiger partial charge in [-0.3, -0.25) is 4.79 Å². The van der Waals surface area contributed by atoms with Crippen LogP contribution in [0.25, 0.3) is 21.8 Å². The maximum absolute atomic E-state index is 12.5. The number of ether oxygens (including phenoxy) is 1. The Morgan fingerprint density at radius 3 is 2.56 bits per heavy atom. The number of nitrogens with zero attached hydrogens (tertiary/aromatic N) is 1. The van der Waals surface area contributed by atoms with Crippen LogP contribution in [-0.2, 0) is 17.9 Å². The highest BCUT2D eigenvalue weighted by Gasteiger charge is 2.12. The highest BCUT2D eigenvalue weighted by atomic mass is 16.5. The third-order valence-corrected chi connectivity index (χ3v) is 5.72. The fourth-order valence-corrected chi connectivity index (χ4v) is 4.01. The van der Waals surface area contributed by atoms with Gasteiger partial charge in [0.25, 0.3) is 5.91 Å². The van der Waals surface area contributed by atoms with Gasteiger partial charge in [-0.2, -0.15) is 0 Å². The molecule has 0 spiro atoms. The molecule has 1 heterocycles. The molecular formula is C28H26N4O2. The van der Waals surface area contributed by atoms with E-state index in [2.05, 4.69) is 32.7 Å². The van der Waals surface area contributed by atoms with Crippen LogP contribution in [0.15, 0.2) is 84.9 Å². The zero-order valence-corrected chi connectivity index (χ0v) is 19.0. The van der Waals surface area contributed by atoms with Crippen LogP contribution in [-0.4, -0.2) is 22.5 Å². The van der Waals surface area contributed by atoms with E-state index in [1.807, 2.05) is 79.7 Å². The monoisotopic (exact) mass is 450 g/mol. The van der Waals surface area contributed by atoms with Crippen molar-refractivity contribution in [2.24, 2.45) is 0 Å². The molecule has 4 aromatic carbocycles. The van der Waals surface area contributed by atoms with Gasteiger partial charge in [-0.05, 0) is 48.0 Å². The zero-order valence-electron chi connectivity index (χ0n) is 19.0. The van der Waals surface area contributed by atoms with Crippen molar-refractivity contribution in [3.8, 4) is 5.75 Å². The SMILES string of the molecule is Cc1ccc(NC(=O)COc2ccc3ccccc3c2CNCc2nc3ccccc3[nH]2)cc1. The van der Waals surface area contributed by atoms with Gasteiger partial charge in [-0.25, -0.2) is 4.98 Å². The Bertz CT molecular complexity index is 1410. The molecule has 6 nitrogen and oxygen atoms in total. The smallest absolute Gasteiger partial charge is 0.262 e. The van der Waals surface area contributed by atoms with Crippen molar-refractivity contribution in [2.45, 2.75) is 20.0 Å². The summed E-state index contributed by atoms with van der Waals surface area (Å²) < 4.78 is 5.98. The molecular weight excluding hydrogens is 424 g/mol. The van der Waals surface area contributed by atoms with Gasteiger partial charge in [0.2, 0.25) is 0 Å². The van der Waals surface area contributed by atoms with Gasteiger partial charge in [0, 0.05) is 17.8 Å². The lowest BCUT2D eigenvalue weighted by Crippen LogP contribution is -2.21.